The molecule has 0 saturated carbocycles. The van der Waals surface area contributed by atoms with E-state index in [9.17, 15) is 14.4 Å². The van der Waals surface area contributed by atoms with Gasteiger partial charge in [0.05, 0.1) is 11.6 Å². The number of rotatable bonds is 2. The lowest BCUT2D eigenvalue weighted by Gasteiger charge is -2.15. The van der Waals surface area contributed by atoms with Crippen LogP contribution in [0.5, 0.6) is 0 Å². The molecule has 5 nitrogen and oxygen atoms in total. The monoisotopic (exact) mass is 274 g/mol. The zero-order valence-electron chi connectivity index (χ0n) is 11.9. The third-order valence-electron chi connectivity index (χ3n) is 3.53. The van der Waals surface area contributed by atoms with E-state index in [1.807, 2.05) is 13.0 Å². The fourth-order valence-corrected chi connectivity index (χ4v) is 2.35. The Morgan fingerprint density at radius 1 is 1.35 bits per heavy atom. The van der Waals surface area contributed by atoms with E-state index in [1.165, 1.54) is 4.90 Å². The highest BCUT2D eigenvalue weighted by molar-refractivity contribution is 6.11. The van der Waals surface area contributed by atoms with Crippen molar-refractivity contribution in [1.82, 2.24) is 4.90 Å². The molecule has 0 fully saturated rings. The van der Waals surface area contributed by atoms with Gasteiger partial charge in [-0.15, -0.1) is 0 Å². The minimum absolute atomic E-state index is 0.0532. The molecule has 0 aromatic heterocycles. The zero-order chi connectivity index (χ0) is 14.9. The van der Waals surface area contributed by atoms with Gasteiger partial charge >= 0.3 is 0 Å². The predicted molar refractivity (Wildman–Crippen MR) is 75.6 cm³/mol. The summed E-state index contributed by atoms with van der Waals surface area (Å²) in [6, 6.07) is 5.36. The molecule has 1 aromatic rings. The van der Waals surface area contributed by atoms with E-state index in [0.717, 1.165) is 5.56 Å². The molecule has 1 aromatic carbocycles. The van der Waals surface area contributed by atoms with Crippen LogP contribution in [-0.2, 0) is 9.59 Å². The van der Waals surface area contributed by atoms with Crippen molar-refractivity contribution >= 4 is 23.3 Å². The van der Waals surface area contributed by atoms with Crippen LogP contribution < -0.4 is 5.32 Å². The van der Waals surface area contributed by atoms with Gasteiger partial charge in [0.15, 0.2) is 5.78 Å². The summed E-state index contributed by atoms with van der Waals surface area (Å²) >= 11 is 0. The van der Waals surface area contributed by atoms with Gasteiger partial charge in [0.1, 0.15) is 0 Å². The predicted octanol–water partition coefficient (Wildman–Crippen LogP) is 1.61. The second-order valence-corrected chi connectivity index (χ2v) is 5.30. The Morgan fingerprint density at radius 2 is 2.05 bits per heavy atom. The van der Waals surface area contributed by atoms with Gasteiger partial charge in [-0.2, -0.15) is 0 Å². The van der Waals surface area contributed by atoms with Crippen LogP contribution in [0.25, 0.3) is 0 Å². The highest BCUT2D eigenvalue weighted by Crippen LogP contribution is 2.28. The van der Waals surface area contributed by atoms with E-state index in [-0.39, 0.29) is 30.4 Å². The molecule has 0 spiro atoms. The highest BCUT2D eigenvalue weighted by Gasteiger charge is 2.31. The second-order valence-electron chi connectivity index (χ2n) is 5.30. The lowest BCUT2D eigenvalue weighted by atomic mass is 9.94. The smallest absolute Gasteiger partial charge is 0.228 e. The van der Waals surface area contributed by atoms with Gasteiger partial charge in [0.2, 0.25) is 11.8 Å². The number of Topliss-reactive ketones (excluding diaryl/α,β-unsaturated/α-hetero) is 1. The van der Waals surface area contributed by atoms with Crippen molar-refractivity contribution in [3.63, 3.8) is 0 Å². The van der Waals surface area contributed by atoms with Gasteiger partial charge in [-0.3, -0.25) is 14.4 Å². The van der Waals surface area contributed by atoms with Crippen molar-refractivity contribution in [2.45, 2.75) is 19.8 Å². The lowest BCUT2D eigenvalue weighted by Crippen LogP contribution is -2.30. The number of anilines is 1. The first-order valence-corrected chi connectivity index (χ1v) is 6.54. The number of fused-ring (bicyclic) bond motifs is 1. The maximum absolute atomic E-state index is 12.3. The summed E-state index contributed by atoms with van der Waals surface area (Å²) in [5.74, 6) is -1.12. The fraction of sp³-hybridized carbons (Fsp3) is 0.400. The summed E-state index contributed by atoms with van der Waals surface area (Å²) in [5.41, 5.74) is 1.94. The number of nitrogens with one attached hydrogen (secondary N) is 1. The molecule has 0 unspecified atom stereocenters. The number of carbonyl (C=O) groups excluding carboxylic acids is 3. The van der Waals surface area contributed by atoms with Gasteiger partial charge in [-0.05, 0) is 18.6 Å². The molecule has 106 valence electrons. The molecule has 0 bridgehead atoms. The number of carbonyl (C=O) groups is 3. The zero-order valence-corrected chi connectivity index (χ0v) is 11.9. The van der Waals surface area contributed by atoms with Crippen LogP contribution in [0.1, 0.15) is 28.8 Å². The largest absolute Gasteiger partial charge is 0.349 e. The number of hydrogen-bond acceptors (Lipinski definition) is 3. The number of aryl methyl sites for hydroxylation is 1. The molecule has 1 N–H and O–H groups in total. The second kappa shape index (κ2) is 5.45. The summed E-state index contributed by atoms with van der Waals surface area (Å²) < 4.78 is 0. The average Bonchev–Trinajstić information content (AvgIpc) is 2.48. The topological polar surface area (TPSA) is 66.5 Å². The molecule has 20 heavy (non-hydrogen) atoms. The van der Waals surface area contributed by atoms with Crippen molar-refractivity contribution in [1.29, 1.82) is 0 Å². The van der Waals surface area contributed by atoms with E-state index in [0.29, 0.717) is 11.3 Å². The minimum Gasteiger partial charge on any atom is -0.349 e. The first-order chi connectivity index (χ1) is 9.40. The van der Waals surface area contributed by atoms with Crippen molar-refractivity contribution in [3.8, 4) is 0 Å². The van der Waals surface area contributed by atoms with Crippen LogP contribution in [0.3, 0.4) is 0 Å². The van der Waals surface area contributed by atoms with Crippen LogP contribution in [0.2, 0.25) is 0 Å². The molecule has 2 amide bonds. The highest BCUT2D eigenvalue weighted by atomic mass is 16.2. The number of nitrogens with zero attached hydrogens (tertiary/aromatic N) is 1. The average molecular weight is 274 g/mol. The molecule has 1 aliphatic rings. The van der Waals surface area contributed by atoms with Gasteiger partial charge in [-0.25, -0.2) is 0 Å². The number of benzene rings is 1. The van der Waals surface area contributed by atoms with Crippen molar-refractivity contribution < 1.29 is 14.4 Å². The molecule has 1 aliphatic heterocycles. The third-order valence-corrected chi connectivity index (χ3v) is 3.53. The summed E-state index contributed by atoms with van der Waals surface area (Å²) in [5, 5.41) is 2.76. The quantitative estimate of drug-likeness (QED) is 0.891. The Morgan fingerprint density at radius 3 is 2.70 bits per heavy atom. The van der Waals surface area contributed by atoms with Gasteiger partial charge in [0, 0.05) is 32.5 Å². The molecule has 1 atom stereocenters. The molecule has 0 saturated heterocycles. The number of ketones is 1. The SMILES string of the molecule is Cc1cccc2c1C(=O)C[C@@H](CC(=O)N(C)C)C(=O)N2. The lowest BCUT2D eigenvalue weighted by molar-refractivity contribution is -0.132. The van der Waals surface area contributed by atoms with Gasteiger partial charge in [-0.1, -0.05) is 12.1 Å². The van der Waals surface area contributed by atoms with Crippen LogP contribution in [0.4, 0.5) is 5.69 Å². The molecule has 0 radical (unpaired) electrons. The summed E-state index contributed by atoms with van der Waals surface area (Å²) in [6.45, 7) is 1.84. The summed E-state index contributed by atoms with van der Waals surface area (Å²) in [4.78, 5) is 37.7. The Balaban J connectivity index is 2.28. The Labute approximate surface area is 118 Å². The molecular weight excluding hydrogens is 256 g/mol. The van der Waals surface area contributed by atoms with E-state index in [4.69, 9.17) is 0 Å². The van der Waals surface area contributed by atoms with E-state index < -0.39 is 5.92 Å². The number of hydrogen-bond donors (Lipinski definition) is 1. The number of amides is 2. The van der Waals surface area contributed by atoms with Crippen LogP contribution in [0.15, 0.2) is 18.2 Å². The summed E-state index contributed by atoms with van der Waals surface area (Å²) in [6.07, 6.45) is 0.126. The minimum atomic E-state index is -0.607. The Kier molecular flexibility index (Phi) is 3.88. The standard InChI is InChI=1S/C15H18N2O3/c1-9-5-4-6-11-14(9)12(18)7-10(15(20)16-11)8-13(19)17(2)3/h4-6,10H,7-8H2,1-3H3,(H,16,20)/t10-/m0/s1. The molecule has 5 heteroatoms. The first-order valence-electron chi connectivity index (χ1n) is 6.54. The van der Waals surface area contributed by atoms with Crippen molar-refractivity contribution in [3.05, 3.63) is 29.3 Å². The van der Waals surface area contributed by atoms with Gasteiger partial charge < -0.3 is 10.2 Å². The molecular formula is C15H18N2O3. The molecule has 1 heterocycles. The maximum atomic E-state index is 12.3. The fourth-order valence-electron chi connectivity index (χ4n) is 2.35. The first kappa shape index (κ1) is 14.2. The van der Waals surface area contributed by atoms with E-state index >= 15 is 0 Å². The van der Waals surface area contributed by atoms with E-state index in [2.05, 4.69) is 5.32 Å². The van der Waals surface area contributed by atoms with Gasteiger partial charge in [0.25, 0.3) is 0 Å². The normalized spacial score (nSPS) is 18.1. The van der Waals surface area contributed by atoms with Crippen molar-refractivity contribution in [2.75, 3.05) is 19.4 Å². The maximum Gasteiger partial charge on any atom is 0.228 e. The van der Waals surface area contributed by atoms with Crippen LogP contribution in [-0.4, -0.2) is 36.6 Å². The molecule has 2 rings (SSSR count). The van der Waals surface area contributed by atoms with Crippen LogP contribution in [0, 0.1) is 12.8 Å². The third kappa shape index (κ3) is 2.71. The van der Waals surface area contributed by atoms with Crippen molar-refractivity contribution in [2.24, 2.45) is 5.92 Å². The summed E-state index contributed by atoms with van der Waals surface area (Å²) in [7, 11) is 3.27. The Hall–Kier alpha value is -2.17. The van der Waals surface area contributed by atoms with E-state index in [1.54, 1.807) is 26.2 Å². The Bertz CT molecular complexity index is 578. The van der Waals surface area contributed by atoms with Crippen LogP contribution >= 0.6 is 0 Å². The molecule has 0 aliphatic carbocycles.